The molecule has 0 spiro atoms. The van der Waals surface area contributed by atoms with E-state index in [1.165, 1.54) is 13.5 Å². The van der Waals surface area contributed by atoms with Crippen LogP contribution in [0.1, 0.15) is 54.1 Å². The lowest BCUT2D eigenvalue weighted by atomic mass is 9.91. The van der Waals surface area contributed by atoms with Crippen LogP contribution in [0.15, 0.2) is 85.2 Å². The number of benzene rings is 2. The lowest BCUT2D eigenvalue weighted by Gasteiger charge is -2.37. The van der Waals surface area contributed by atoms with Crippen LogP contribution >= 0.6 is 23.8 Å². The third-order valence-corrected chi connectivity index (χ3v) is 8.78. The highest BCUT2D eigenvalue weighted by atomic mass is 35.5. The van der Waals surface area contributed by atoms with Crippen molar-refractivity contribution in [1.82, 2.24) is 14.9 Å². The van der Waals surface area contributed by atoms with Crippen LogP contribution in [0.4, 0.5) is 11.4 Å². The largest absolute Gasteiger partial charge is 0.465 e. The zero-order chi connectivity index (χ0) is 29.4. The van der Waals surface area contributed by atoms with Crippen molar-refractivity contribution in [3.63, 3.8) is 0 Å². The molecule has 2 aliphatic heterocycles. The fraction of sp³-hybridized carbons (Fsp3) is 0.303. The maximum Gasteiger partial charge on any atom is 0.337 e. The molecule has 0 saturated carbocycles. The number of piperidine rings is 1. The summed E-state index contributed by atoms with van der Waals surface area (Å²) in [4.78, 5) is 21.3. The first-order valence-corrected chi connectivity index (χ1v) is 15.0. The Bertz CT molecular complexity index is 1580. The zero-order valence-electron chi connectivity index (χ0n) is 23.9. The lowest BCUT2D eigenvalue weighted by molar-refractivity contribution is 0.0600. The molecule has 2 aromatic carbocycles. The van der Waals surface area contributed by atoms with Crippen LogP contribution in [0.3, 0.4) is 0 Å². The van der Waals surface area contributed by atoms with E-state index in [4.69, 9.17) is 33.5 Å². The number of hydrogen-bond acceptors (Lipinski definition) is 5. The molecule has 0 unspecified atom stereocenters. The van der Waals surface area contributed by atoms with Crippen LogP contribution in [0.2, 0.25) is 5.02 Å². The molecular formula is C33H34ClN5O2S. The van der Waals surface area contributed by atoms with Gasteiger partial charge in [0.25, 0.3) is 0 Å². The van der Waals surface area contributed by atoms with Gasteiger partial charge in [0.15, 0.2) is 5.11 Å². The quantitative estimate of drug-likeness (QED) is 0.190. The molecule has 2 aromatic heterocycles. The van der Waals surface area contributed by atoms with E-state index in [-0.39, 0.29) is 18.1 Å². The smallest absolute Gasteiger partial charge is 0.337 e. The number of methoxy groups -OCH3 is 1. The Labute approximate surface area is 257 Å². The van der Waals surface area contributed by atoms with E-state index in [1.54, 1.807) is 18.3 Å². The Hall–Kier alpha value is -3.88. The number of carbonyl (C=O) groups is 1. The number of anilines is 2. The monoisotopic (exact) mass is 599 g/mol. The number of halogens is 1. The number of ether oxygens (including phenoxy) is 1. The summed E-state index contributed by atoms with van der Waals surface area (Å²) in [6.45, 7) is 6.61. The Morgan fingerprint density at radius 1 is 1.00 bits per heavy atom. The normalized spacial score (nSPS) is 22.2. The fourth-order valence-corrected chi connectivity index (χ4v) is 7.08. The van der Waals surface area contributed by atoms with E-state index in [0.717, 1.165) is 41.5 Å². The van der Waals surface area contributed by atoms with Crippen molar-refractivity contribution in [2.75, 3.05) is 30.0 Å². The fourth-order valence-electron chi connectivity index (χ4n) is 6.44. The van der Waals surface area contributed by atoms with E-state index >= 15 is 0 Å². The SMILES string of the molecule is COC(=O)c1ccc(-n2cccc2[C@H]2[C@H](c3ccccn3)NC(=S)N2c2ccc(N3C[C@H](C)C[C@H](C)C3)c(Cl)c2)cc1. The van der Waals surface area contributed by atoms with Gasteiger partial charge in [0.2, 0.25) is 0 Å². The third-order valence-electron chi connectivity index (χ3n) is 8.17. The Morgan fingerprint density at radius 3 is 2.40 bits per heavy atom. The van der Waals surface area contributed by atoms with Crippen molar-refractivity contribution in [3.8, 4) is 5.69 Å². The molecule has 2 fully saturated rings. The Balaban J connectivity index is 1.40. The van der Waals surface area contributed by atoms with Gasteiger partial charge >= 0.3 is 5.97 Å². The molecule has 2 saturated heterocycles. The second kappa shape index (κ2) is 11.8. The molecule has 4 heterocycles. The highest BCUT2D eigenvalue weighted by Crippen LogP contribution is 2.44. The lowest BCUT2D eigenvalue weighted by Crippen LogP contribution is -2.38. The van der Waals surface area contributed by atoms with Gasteiger partial charge in [-0.3, -0.25) is 4.98 Å². The zero-order valence-corrected chi connectivity index (χ0v) is 25.5. The van der Waals surface area contributed by atoms with Gasteiger partial charge in [-0.2, -0.15) is 0 Å². The van der Waals surface area contributed by atoms with Gasteiger partial charge in [0.1, 0.15) is 6.04 Å². The number of aromatic nitrogens is 2. The maximum absolute atomic E-state index is 12.0. The van der Waals surface area contributed by atoms with Gasteiger partial charge in [-0.05, 0) is 97.2 Å². The van der Waals surface area contributed by atoms with Gasteiger partial charge in [0, 0.05) is 42.6 Å². The van der Waals surface area contributed by atoms with Crippen molar-refractivity contribution in [1.29, 1.82) is 0 Å². The minimum atomic E-state index is -0.366. The number of nitrogens with one attached hydrogen (secondary N) is 1. The summed E-state index contributed by atoms with van der Waals surface area (Å²) in [5.41, 5.74) is 5.30. The molecule has 216 valence electrons. The van der Waals surface area contributed by atoms with Crippen LogP contribution in [0, 0.1) is 11.8 Å². The molecule has 2 aliphatic rings. The van der Waals surface area contributed by atoms with E-state index in [9.17, 15) is 4.79 Å². The van der Waals surface area contributed by atoms with E-state index in [1.807, 2.05) is 48.7 Å². The number of carbonyl (C=O) groups excluding carboxylic acids is 1. The summed E-state index contributed by atoms with van der Waals surface area (Å²) in [7, 11) is 1.38. The summed E-state index contributed by atoms with van der Waals surface area (Å²) < 4.78 is 7.00. The molecule has 1 N–H and O–H groups in total. The summed E-state index contributed by atoms with van der Waals surface area (Å²) in [6.07, 6.45) is 5.06. The summed E-state index contributed by atoms with van der Waals surface area (Å²) in [5, 5.41) is 4.86. The van der Waals surface area contributed by atoms with Crippen LogP contribution in [-0.4, -0.2) is 40.8 Å². The number of esters is 1. The van der Waals surface area contributed by atoms with Gasteiger partial charge in [0.05, 0.1) is 35.1 Å². The molecule has 42 heavy (non-hydrogen) atoms. The van der Waals surface area contributed by atoms with Crippen LogP contribution < -0.4 is 15.1 Å². The van der Waals surface area contributed by atoms with E-state index in [0.29, 0.717) is 27.5 Å². The topological polar surface area (TPSA) is 62.6 Å². The number of nitrogens with zero attached hydrogens (tertiary/aromatic N) is 4. The van der Waals surface area contributed by atoms with Crippen molar-refractivity contribution in [3.05, 3.63) is 107 Å². The highest BCUT2D eigenvalue weighted by molar-refractivity contribution is 7.80. The Kier molecular flexibility index (Phi) is 7.92. The molecule has 0 bridgehead atoms. The molecule has 4 atom stereocenters. The van der Waals surface area contributed by atoms with Crippen LogP contribution in [0.5, 0.6) is 0 Å². The predicted octanol–water partition coefficient (Wildman–Crippen LogP) is 6.97. The average Bonchev–Trinajstić information content (AvgIpc) is 3.61. The summed E-state index contributed by atoms with van der Waals surface area (Å²) in [6, 6.07) is 23.3. The number of rotatable bonds is 6. The average molecular weight is 600 g/mol. The minimum absolute atomic E-state index is 0.205. The first-order valence-electron chi connectivity index (χ1n) is 14.2. The maximum atomic E-state index is 12.0. The van der Waals surface area contributed by atoms with Gasteiger partial charge in [-0.15, -0.1) is 0 Å². The van der Waals surface area contributed by atoms with Crippen molar-refractivity contribution in [2.24, 2.45) is 11.8 Å². The van der Waals surface area contributed by atoms with Crippen LogP contribution in [-0.2, 0) is 4.74 Å². The summed E-state index contributed by atoms with van der Waals surface area (Å²) in [5.74, 6) is 0.880. The molecule has 0 radical (unpaired) electrons. The third kappa shape index (κ3) is 5.37. The molecule has 4 aromatic rings. The first kappa shape index (κ1) is 28.2. The predicted molar refractivity (Wildman–Crippen MR) is 172 cm³/mol. The highest BCUT2D eigenvalue weighted by Gasteiger charge is 2.42. The van der Waals surface area contributed by atoms with Gasteiger partial charge in [-0.25, -0.2) is 4.79 Å². The molecule has 6 rings (SSSR count). The van der Waals surface area contributed by atoms with E-state index in [2.05, 4.69) is 51.7 Å². The first-order chi connectivity index (χ1) is 20.3. The second-order valence-corrected chi connectivity index (χ2v) is 12.1. The number of thiocarbonyl (C=S) groups is 1. The molecule has 0 amide bonds. The molecule has 0 aliphatic carbocycles. The van der Waals surface area contributed by atoms with Crippen LogP contribution in [0.25, 0.3) is 5.69 Å². The standard InChI is InChI=1S/C33H34ClN5O2S/c1-21-17-22(2)20-37(19-21)28-14-13-25(18-26(28)34)39-31(30(36-33(39)42)27-7-4-5-15-35-27)29-8-6-16-38(29)24-11-9-23(10-12-24)32(40)41-3/h4-16,18,21-22,30-31H,17,19-20H2,1-3H3,(H,36,42)/t21-,22+,30-,31-/m0/s1. The van der Waals surface area contributed by atoms with Gasteiger partial charge < -0.3 is 24.4 Å². The second-order valence-electron chi connectivity index (χ2n) is 11.3. The van der Waals surface area contributed by atoms with Gasteiger partial charge in [-0.1, -0.05) is 31.5 Å². The number of hydrogen-bond donors (Lipinski definition) is 1. The molecule has 9 heteroatoms. The van der Waals surface area contributed by atoms with Crippen molar-refractivity contribution < 1.29 is 9.53 Å². The minimum Gasteiger partial charge on any atom is -0.465 e. The molecule has 7 nitrogen and oxygen atoms in total. The van der Waals surface area contributed by atoms with Crippen molar-refractivity contribution >= 4 is 46.3 Å². The molecular weight excluding hydrogens is 566 g/mol. The number of pyridine rings is 1. The van der Waals surface area contributed by atoms with E-state index < -0.39 is 0 Å². The summed E-state index contributed by atoms with van der Waals surface area (Å²) >= 11 is 13.0. The Morgan fingerprint density at radius 2 is 1.74 bits per heavy atom. The van der Waals surface area contributed by atoms with Crippen molar-refractivity contribution in [2.45, 2.75) is 32.4 Å².